The maximum Gasteiger partial charge on any atom is 0.178 e. The number of rotatable bonds is 2. The van der Waals surface area contributed by atoms with Crippen LogP contribution >= 0.6 is 12.2 Å². The minimum absolute atomic E-state index is 0.602. The molecule has 1 aliphatic heterocycles. The molecule has 0 bridgehead atoms. The van der Waals surface area contributed by atoms with Gasteiger partial charge in [0.25, 0.3) is 0 Å². The van der Waals surface area contributed by atoms with E-state index in [1.807, 2.05) is 18.2 Å². The number of ether oxygens (including phenoxy) is 1. The van der Waals surface area contributed by atoms with Gasteiger partial charge >= 0.3 is 0 Å². The topological polar surface area (TPSA) is 53.7 Å². The Hall–Kier alpha value is -1.64. The van der Waals surface area contributed by atoms with Gasteiger partial charge in [-0.15, -0.1) is 0 Å². The predicted octanol–water partition coefficient (Wildman–Crippen LogP) is 3.00. The number of aromatic amines is 1. The monoisotopic (exact) mass is 273 g/mol. The highest BCUT2D eigenvalue weighted by atomic mass is 32.1. The first kappa shape index (κ1) is 12.4. The molecule has 2 heterocycles. The molecule has 1 aromatic carbocycles. The maximum atomic E-state index is 9.13. The van der Waals surface area contributed by atoms with Crippen molar-refractivity contribution in [1.82, 2.24) is 9.55 Å². The van der Waals surface area contributed by atoms with E-state index in [-0.39, 0.29) is 0 Å². The van der Waals surface area contributed by atoms with Crippen molar-refractivity contribution in [3.63, 3.8) is 0 Å². The molecule has 0 spiro atoms. The number of hydrogen-bond donors (Lipinski definition) is 1. The molecule has 1 saturated heterocycles. The minimum atomic E-state index is 0.602. The molecule has 3 rings (SSSR count). The number of H-pyrrole nitrogens is 1. The summed E-state index contributed by atoms with van der Waals surface area (Å²) in [5.74, 6) is 0.602. The number of fused-ring (bicyclic) bond motifs is 1. The number of para-hydroxylation sites is 1. The zero-order valence-corrected chi connectivity index (χ0v) is 11.4. The van der Waals surface area contributed by atoms with Crippen molar-refractivity contribution in [2.45, 2.75) is 19.4 Å². The smallest absolute Gasteiger partial charge is 0.178 e. The van der Waals surface area contributed by atoms with Crippen molar-refractivity contribution in [2.75, 3.05) is 13.2 Å². The third-order valence-electron chi connectivity index (χ3n) is 3.71. The van der Waals surface area contributed by atoms with Gasteiger partial charge in [-0.1, -0.05) is 6.07 Å². The second kappa shape index (κ2) is 5.16. The lowest BCUT2D eigenvalue weighted by molar-refractivity contribution is 0.0615. The molecule has 0 atom stereocenters. The molecule has 1 N–H and O–H groups in total. The van der Waals surface area contributed by atoms with Crippen molar-refractivity contribution in [3.05, 3.63) is 28.5 Å². The van der Waals surface area contributed by atoms with Crippen LogP contribution in [-0.2, 0) is 11.3 Å². The van der Waals surface area contributed by atoms with E-state index in [1.165, 1.54) is 0 Å². The molecule has 5 heteroatoms. The van der Waals surface area contributed by atoms with Gasteiger partial charge < -0.3 is 14.3 Å². The molecule has 1 aliphatic rings. The molecule has 19 heavy (non-hydrogen) atoms. The second-order valence-electron chi connectivity index (χ2n) is 4.91. The molecular weight excluding hydrogens is 258 g/mol. The highest BCUT2D eigenvalue weighted by Crippen LogP contribution is 2.22. The van der Waals surface area contributed by atoms with Crippen LogP contribution < -0.4 is 0 Å². The van der Waals surface area contributed by atoms with E-state index >= 15 is 0 Å². The summed E-state index contributed by atoms with van der Waals surface area (Å²) in [7, 11) is 0. The number of nitrogens with zero attached hydrogens (tertiary/aromatic N) is 2. The summed E-state index contributed by atoms with van der Waals surface area (Å²) in [6, 6.07) is 7.94. The maximum absolute atomic E-state index is 9.13. The SMILES string of the molecule is N#Cc1cccc2c1[nH]c(=S)n2CC1CCOCC1. The Morgan fingerprint density at radius 1 is 1.42 bits per heavy atom. The summed E-state index contributed by atoms with van der Waals surface area (Å²) >= 11 is 5.40. The molecule has 2 aromatic rings. The summed E-state index contributed by atoms with van der Waals surface area (Å²) in [4.78, 5) is 3.16. The van der Waals surface area contributed by atoms with Gasteiger partial charge in [-0.25, -0.2) is 0 Å². The molecule has 0 radical (unpaired) electrons. The second-order valence-corrected chi connectivity index (χ2v) is 5.29. The van der Waals surface area contributed by atoms with Crippen LogP contribution in [0.3, 0.4) is 0 Å². The number of benzene rings is 1. The van der Waals surface area contributed by atoms with Gasteiger partial charge in [0.15, 0.2) is 4.77 Å². The van der Waals surface area contributed by atoms with Crippen molar-refractivity contribution in [3.8, 4) is 6.07 Å². The van der Waals surface area contributed by atoms with Crippen molar-refractivity contribution < 1.29 is 4.74 Å². The van der Waals surface area contributed by atoms with Gasteiger partial charge in [-0.3, -0.25) is 0 Å². The zero-order valence-electron chi connectivity index (χ0n) is 10.6. The van der Waals surface area contributed by atoms with Crippen LogP contribution in [0.15, 0.2) is 18.2 Å². The van der Waals surface area contributed by atoms with Gasteiger partial charge in [0.1, 0.15) is 6.07 Å². The zero-order chi connectivity index (χ0) is 13.2. The van der Waals surface area contributed by atoms with Crippen LogP contribution in [0.5, 0.6) is 0 Å². The molecule has 0 aliphatic carbocycles. The summed E-state index contributed by atoms with van der Waals surface area (Å²) < 4.78 is 8.20. The Morgan fingerprint density at radius 2 is 2.21 bits per heavy atom. The number of aromatic nitrogens is 2. The van der Waals surface area contributed by atoms with Crippen LogP contribution in [0.4, 0.5) is 0 Å². The quantitative estimate of drug-likeness (QED) is 0.856. The number of imidazole rings is 1. The Bertz CT molecular complexity index is 689. The number of hydrogen-bond acceptors (Lipinski definition) is 3. The first-order valence-corrected chi connectivity index (χ1v) is 6.90. The van der Waals surface area contributed by atoms with E-state index in [1.54, 1.807) is 0 Å². The molecule has 0 unspecified atom stereocenters. The lowest BCUT2D eigenvalue weighted by Crippen LogP contribution is -2.20. The molecule has 1 fully saturated rings. The van der Waals surface area contributed by atoms with Crippen LogP contribution in [0.2, 0.25) is 0 Å². The fourth-order valence-corrected chi connectivity index (χ4v) is 2.92. The van der Waals surface area contributed by atoms with E-state index < -0.39 is 0 Å². The third-order valence-corrected chi connectivity index (χ3v) is 4.03. The van der Waals surface area contributed by atoms with Crippen molar-refractivity contribution >= 4 is 23.3 Å². The molecule has 4 nitrogen and oxygen atoms in total. The highest BCUT2D eigenvalue weighted by Gasteiger charge is 2.16. The van der Waals surface area contributed by atoms with Gasteiger partial charge in [0.2, 0.25) is 0 Å². The summed E-state index contributed by atoms with van der Waals surface area (Å²) in [5.41, 5.74) is 2.52. The Balaban J connectivity index is 2.01. The molecular formula is C14H15N3OS. The predicted molar refractivity (Wildman–Crippen MR) is 75.4 cm³/mol. The fourth-order valence-electron chi connectivity index (χ4n) is 2.64. The lowest BCUT2D eigenvalue weighted by Gasteiger charge is -2.22. The fraction of sp³-hybridized carbons (Fsp3) is 0.429. The summed E-state index contributed by atoms with van der Waals surface area (Å²) in [6.07, 6.45) is 2.15. The van der Waals surface area contributed by atoms with Gasteiger partial charge in [0, 0.05) is 19.8 Å². The van der Waals surface area contributed by atoms with E-state index in [0.717, 1.165) is 43.6 Å². The largest absolute Gasteiger partial charge is 0.381 e. The standard InChI is InChI=1S/C14H15N3OS/c15-8-11-2-1-3-12-13(11)16-14(19)17(12)9-10-4-6-18-7-5-10/h1-3,10H,4-7,9H2,(H,16,19). The van der Waals surface area contributed by atoms with Crippen molar-refractivity contribution in [1.29, 1.82) is 5.26 Å². The molecule has 98 valence electrons. The summed E-state index contributed by atoms with van der Waals surface area (Å²) in [6.45, 7) is 2.57. The Morgan fingerprint density at radius 3 is 2.95 bits per heavy atom. The Labute approximate surface area is 116 Å². The third kappa shape index (κ3) is 2.29. The normalized spacial score (nSPS) is 16.6. The molecule has 0 saturated carbocycles. The van der Waals surface area contributed by atoms with Crippen LogP contribution in [0.1, 0.15) is 18.4 Å². The summed E-state index contributed by atoms with van der Waals surface area (Å²) in [5, 5.41) is 9.13. The van der Waals surface area contributed by atoms with E-state index in [2.05, 4.69) is 15.6 Å². The van der Waals surface area contributed by atoms with Crippen LogP contribution in [-0.4, -0.2) is 22.8 Å². The number of nitriles is 1. The van der Waals surface area contributed by atoms with E-state index in [0.29, 0.717) is 16.3 Å². The first-order valence-electron chi connectivity index (χ1n) is 6.49. The molecule has 0 amide bonds. The van der Waals surface area contributed by atoms with Gasteiger partial charge in [0.05, 0.1) is 16.6 Å². The van der Waals surface area contributed by atoms with Crippen molar-refractivity contribution in [2.24, 2.45) is 5.92 Å². The average Bonchev–Trinajstić information content (AvgIpc) is 2.76. The van der Waals surface area contributed by atoms with Crippen LogP contribution in [0, 0.1) is 22.0 Å². The Kier molecular flexibility index (Phi) is 3.36. The van der Waals surface area contributed by atoms with E-state index in [9.17, 15) is 0 Å². The lowest BCUT2D eigenvalue weighted by atomic mass is 10.0. The van der Waals surface area contributed by atoms with Gasteiger partial charge in [-0.2, -0.15) is 5.26 Å². The van der Waals surface area contributed by atoms with Crippen LogP contribution in [0.25, 0.3) is 11.0 Å². The van der Waals surface area contributed by atoms with E-state index in [4.69, 9.17) is 22.2 Å². The minimum Gasteiger partial charge on any atom is -0.381 e. The molecule has 1 aromatic heterocycles. The van der Waals surface area contributed by atoms with Gasteiger partial charge in [-0.05, 0) is 43.1 Å². The number of nitrogens with one attached hydrogen (secondary N) is 1. The average molecular weight is 273 g/mol. The first-order chi connectivity index (χ1) is 9.29. The highest BCUT2D eigenvalue weighted by molar-refractivity contribution is 7.71.